The molecule has 0 bridgehead atoms. The monoisotopic (exact) mass is 318 g/mol. The van der Waals surface area contributed by atoms with Gasteiger partial charge in [0.25, 0.3) is 5.91 Å². The van der Waals surface area contributed by atoms with Crippen LogP contribution in [0.25, 0.3) is 0 Å². The summed E-state index contributed by atoms with van der Waals surface area (Å²) in [5.74, 6) is 0.742. The van der Waals surface area contributed by atoms with Crippen molar-refractivity contribution >= 4 is 5.91 Å². The maximum absolute atomic E-state index is 11.1. The fourth-order valence-corrected chi connectivity index (χ4v) is 3.03. The van der Waals surface area contributed by atoms with Gasteiger partial charge in [0.2, 0.25) is 5.82 Å². The van der Waals surface area contributed by atoms with Gasteiger partial charge in [-0.3, -0.25) is 9.69 Å². The van der Waals surface area contributed by atoms with E-state index in [2.05, 4.69) is 33.8 Å². The summed E-state index contributed by atoms with van der Waals surface area (Å²) in [6.45, 7) is 6.82. The van der Waals surface area contributed by atoms with Crippen LogP contribution in [0, 0.1) is 0 Å². The second-order valence-corrected chi connectivity index (χ2v) is 6.26. The average Bonchev–Trinajstić information content (AvgIpc) is 3.16. The Labute approximate surface area is 134 Å². The number of nitrogens with zero attached hydrogens (tertiary/aromatic N) is 5. The largest absolute Gasteiger partial charge is 0.448 e. The number of hydrogen-bond acceptors (Lipinski definition) is 6. The summed E-state index contributed by atoms with van der Waals surface area (Å²) in [5.41, 5.74) is 6.21. The second-order valence-electron chi connectivity index (χ2n) is 6.26. The van der Waals surface area contributed by atoms with E-state index in [1.807, 2.05) is 0 Å². The summed E-state index contributed by atoms with van der Waals surface area (Å²) < 4.78 is 7.24. The lowest BCUT2D eigenvalue weighted by Crippen LogP contribution is -2.36. The number of aromatic nitrogens is 4. The van der Waals surface area contributed by atoms with Crippen molar-refractivity contribution in [1.82, 2.24) is 24.6 Å². The molecular formula is C15H22N6O2. The molecule has 3 heterocycles. The minimum absolute atomic E-state index is 0.0701. The van der Waals surface area contributed by atoms with Crippen LogP contribution in [0.15, 0.2) is 17.1 Å². The fourth-order valence-electron chi connectivity index (χ4n) is 3.03. The van der Waals surface area contributed by atoms with Crippen molar-refractivity contribution < 1.29 is 9.21 Å². The first-order valence-electron chi connectivity index (χ1n) is 7.90. The minimum Gasteiger partial charge on any atom is -0.448 e. The molecule has 3 rings (SSSR count). The molecule has 0 unspecified atom stereocenters. The summed E-state index contributed by atoms with van der Waals surface area (Å²) in [6, 6.07) is 0.193. The van der Waals surface area contributed by atoms with Gasteiger partial charge < -0.3 is 10.2 Å². The highest BCUT2D eigenvalue weighted by Crippen LogP contribution is 2.24. The van der Waals surface area contributed by atoms with Gasteiger partial charge >= 0.3 is 0 Å². The van der Waals surface area contributed by atoms with Gasteiger partial charge in [0, 0.05) is 19.0 Å². The summed E-state index contributed by atoms with van der Waals surface area (Å²) in [5, 5.41) is 4.18. The van der Waals surface area contributed by atoms with Gasteiger partial charge in [-0.1, -0.05) is 13.8 Å². The Bertz CT molecular complexity index is 677. The number of rotatable bonds is 5. The smallest absolute Gasteiger partial charge is 0.288 e. The van der Waals surface area contributed by atoms with Crippen LogP contribution in [0.4, 0.5) is 0 Å². The molecule has 23 heavy (non-hydrogen) atoms. The maximum Gasteiger partial charge on any atom is 0.288 e. The number of hydrogen-bond donors (Lipinski definition) is 1. The van der Waals surface area contributed by atoms with E-state index in [0.717, 1.165) is 43.9 Å². The Morgan fingerprint density at radius 2 is 2.30 bits per heavy atom. The molecule has 1 aliphatic rings. The van der Waals surface area contributed by atoms with Gasteiger partial charge in [0.1, 0.15) is 12.1 Å². The van der Waals surface area contributed by atoms with E-state index in [4.69, 9.17) is 10.2 Å². The summed E-state index contributed by atoms with van der Waals surface area (Å²) >= 11 is 0. The molecule has 1 saturated heterocycles. The molecule has 8 heteroatoms. The van der Waals surface area contributed by atoms with Crippen LogP contribution in [0.3, 0.4) is 0 Å². The Morgan fingerprint density at radius 3 is 3.00 bits per heavy atom. The van der Waals surface area contributed by atoms with Gasteiger partial charge in [0.15, 0.2) is 6.39 Å². The van der Waals surface area contributed by atoms with E-state index in [1.165, 1.54) is 6.39 Å². The number of nitrogens with two attached hydrogens (primary N) is 1. The van der Waals surface area contributed by atoms with Gasteiger partial charge in [-0.15, -0.1) is 5.10 Å². The number of likely N-dealkylation sites (tertiary alicyclic amines) is 1. The Hall–Kier alpha value is -2.22. The van der Waals surface area contributed by atoms with E-state index in [0.29, 0.717) is 5.92 Å². The third-order valence-electron chi connectivity index (χ3n) is 4.15. The summed E-state index contributed by atoms with van der Waals surface area (Å²) in [7, 11) is 0. The first kappa shape index (κ1) is 15.7. The summed E-state index contributed by atoms with van der Waals surface area (Å²) in [4.78, 5) is 21.8. The number of carbonyl (C=O) groups excluding carboxylic acids is 1. The van der Waals surface area contributed by atoms with Crippen molar-refractivity contribution in [3.63, 3.8) is 0 Å². The van der Waals surface area contributed by atoms with Crippen molar-refractivity contribution in [2.24, 2.45) is 5.73 Å². The Morgan fingerprint density at radius 1 is 1.48 bits per heavy atom. The lowest BCUT2D eigenvalue weighted by atomic mass is 10.0. The molecule has 1 aliphatic heterocycles. The highest BCUT2D eigenvalue weighted by Gasteiger charge is 2.25. The number of primary amides is 1. The molecule has 2 N–H and O–H groups in total. The van der Waals surface area contributed by atoms with Gasteiger partial charge in [-0.2, -0.15) is 0 Å². The van der Waals surface area contributed by atoms with Gasteiger partial charge in [0.05, 0.1) is 11.7 Å². The van der Waals surface area contributed by atoms with Crippen LogP contribution in [0.5, 0.6) is 0 Å². The minimum atomic E-state index is -0.597. The normalized spacial score (nSPS) is 19.3. The van der Waals surface area contributed by atoms with Crippen molar-refractivity contribution in [3.8, 4) is 0 Å². The summed E-state index contributed by atoms with van der Waals surface area (Å²) in [6.07, 6.45) is 5.17. The lowest BCUT2D eigenvalue weighted by Gasteiger charge is -2.32. The highest BCUT2D eigenvalue weighted by atomic mass is 16.3. The first-order valence-corrected chi connectivity index (χ1v) is 7.90. The second kappa shape index (κ2) is 6.49. The highest BCUT2D eigenvalue weighted by molar-refractivity contribution is 5.88. The predicted molar refractivity (Wildman–Crippen MR) is 82.7 cm³/mol. The van der Waals surface area contributed by atoms with E-state index < -0.39 is 5.91 Å². The van der Waals surface area contributed by atoms with Crippen molar-refractivity contribution in [2.45, 2.75) is 45.2 Å². The fraction of sp³-hybridized carbons (Fsp3) is 0.600. The third-order valence-corrected chi connectivity index (χ3v) is 4.15. The Kier molecular flexibility index (Phi) is 4.42. The van der Waals surface area contributed by atoms with E-state index in [9.17, 15) is 4.79 Å². The SMILES string of the molecule is CC(C)c1ocnc1CN1CCC[C@@H](n2cnc(C(N)=O)n2)C1. The topological polar surface area (TPSA) is 103 Å². The zero-order valence-corrected chi connectivity index (χ0v) is 13.5. The molecule has 0 aliphatic carbocycles. The van der Waals surface area contributed by atoms with Crippen LogP contribution in [0.2, 0.25) is 0 Å². The first-order chi connectivity index (χ1) is 11.0. The van der Waals surface area contributed by atoms with Gasteiger partial charge in [-0.05, 0) is 19.4 Å². The molecule has 2 aromatic rings. The number of oxazole rings is 1. The average molecular weight is 318 g/mol. The van der Waals surface area contributed by atoms with Crippen LogP contribution < -0.4 is 5.73 Å². The quantitative estimate of drug-likeness (QED) is 0.892. The van der Waals surface area contributed by atoms with Crippen molar-refractivity contribution in [2.75, 3.05) is 13.1 Å². The van der Waals surface area contributed by atoms with E-state index in [1.54, 1.807) is 11.0 Å². The zero-order chi connectivity index (χ0) is 16.4. The van der Waals surface area contributed by atoms with Crippen LogP contribution in [-0.2, 0) is 6.54 Å². The lowest BCUT2D eigenvalue weighted by molar-refractivity contribution is 0.0989. The zero-order valence-electron chi connectivity index (χ0n) is 13.5. The van der Waals surface area contributed by atoms with E-state index >= 15 is 0 Å². The van der Waals surface area contributed by atoms with Crippen LogP contribution >= 0.6 is 0 Å². The molecule has 1 atom stereocenters. The third kappa shape index (κ3) is 3.42. The molecule has 1 fully saturated rings. The van der Waals surface area contributed by atoms with Crippen LogP contribution in [-0.4, -0.2) is 43.6 Å². The number of amides is 1. The number of carbonyl (C=O) groups is 1. The predicted octanol–water partition coefficient (Wildman–Crippen LogP) is 1.33. The molecule has 2 aromatic heterocycles. The molecule has 0 aromatic carbocycles. The van der Waals surface area contributed by atoms with Crippen molar-refractivity contribution in [1.29, 1.82) is 0 Å². The molecule has 8 nitrogen and oxygen atoms in total. The standard InChI is InChI=1S/C15H22N6O2/c1-10(2)13-12(18-9-23-13)7-20-5-3-4-11(6-20)21-8-17-15(19-21)14(16)22/h8-11H,3-7H2,1-2H3,(H2,16,22)/t11-/m1/s1. The molecule has 0 radical (unpaired) electrons. The van der Waals surface area contributed by atoms with Crippen LogP contribution in [0.1, 0.15) is 60.7 Å². The maximum atomic E-state index is 11.1. The molecule has 1 amide bonds. The molecule has 124 valence electrons. The number of piperidine rings is 1. The molecule has 0 saturated carbocycles. The molecule has 0 spiro atoms. The molecular weight excluding hydrogens is 296 g/mol. The Balaban J connectivity index is 1.68. The van der Waals surface area contributed by atoms with Crippen molar-refractivity contribution in [3.05, 3.63) is 30.0 Å². The van der Waals surface area contributed by atoms with Gasteiger partial charge in [-0.25, -0.2) is 14.6 Å². The van der Waals surface area contributed by atoms with E-state index in [-0.39, 0.29) is 11.9 Å².